The van der Waals surface area contributed by atoms with Gasteiger partial charge in [-0.1, -0.05) is 41.6 Å². The Kier molecular flexibility index (Phi) is 7.80. The monoisotopic (exact) mass is 586 g/mol. The maximum atomic E-state index is 13.2. The molecule has 0 spiro atoms. The van der Waals surface area contributed by atoms with Crippen LogP contribution in [0.25, 0.3) is 0 Å². The van der Waals surface area contributed by atoms with Gasteiger partial charge >= 0.3 is 0 Å². The minimum absolute atomic E-state index is 0.0103. The molecule has 0 bridgehead atoms. The molecule has 2 unspecified atom stereocenters. The van der Waals surface area contributed by atoms with Gasteiger partial charge in [-0.15, -0.1) is 0 Å². The van der Waals surface area contributed by atoms with Crippen LogP contribution in [0.4, 0.5) is 5.69 Å². The van der Waals surface area contributed by atoms with E-state index in [4.69, 9.17) is 25.8 Å². The minimum Gasteiger partial charge on any atom is -0.493 e. The Morgan fingerprint density at radius 3 is 2.54 bits per heavy atom. The van der Waals surface area contributed by atoms with Crippen LogP contribution < -0.4 is 19.1 Å². The van der Waals surface area contributed by atoms with E-state index in [1.807, 2.05) is 31.2 Å². The molecule has 2 saturated heterocycles. The lowest BCUT2D eigenvalue weighted by atomic mass is 10.1. The average molecular weight is 587 g/mol. The molecule has 11 heteroatoms. The van der Waals surface area contributed by atoms with Crippen molar-refractivity contribution >= 4 is 50.0 Å². The standard InChI is InChI=1S/C28H27ClN2O6S2/c1-17-5-4-6-20(11-17)37-23-10-8-19(29)14-21(23)31-22-15-39(33,34)16-26(22)38-28(31)30-27(32)13-18-7-9-24(35-2)25(12-18)36-3/h4-12,14,22,26H,13,15-16H2,1-3H3. The third-order valence-electron chi connectivity index (χ3n) is 6.49. The highest BCUT2D eigenvalue weighted by Crippen LogP contribution is 2.45. The third-order valence-corrected chi connectivity index (χ3v) is 9.93. The molecule has 3 aromatic carbocycles. The van der Waals surface area contributed by atoms with Crippen LogP contribution in [-0.4, -0.2) is 56.5 Å². The molecule has 0 saturated carbocycles. The van der Waals surface area contributed by atoms with E-state index in [2.05, 4.69) is 4.99 Å². The molecule has 0 radical (unpaired) electrons. The fraction of sp³-hybridized carbons (Fsp3) is 0.286. The summed E-state index contributed by atoms with van der Waals surface area (Å²) in [6.07, 6.45) is 0.0358. The van der Waals surface area contributed by atoms with Gasteiger partial charge in [0.2, 0.25) is 0 Å². The van der Waals surface area contributed by atoms with Gasteiger partial charge in [0.25, 0.3) is 5.91 Å². The van der Waals surface area contributed by atoms with E-state index in [1.165, 1.54) is 18.9 Å². The van der Waals surface area contributed by atoms with Gasteiger partial charge in [-0.2, -0.15) is 4.99 Å². The number of thioether (sulfide) groups is 1. The van der Waals surface area contributed by atoms with E-state index in [0.29, 0.717) is 44.4 Å². The molecule has 204 valence electrons. The second kappa shape index (κ2) is 11.1. The van der Waals surface area contributed by atoms with Crippen LogP contribution in [0.15, 0.2) is 65.7 Å². The predicted molar refractivity (Wildman–Crippen MR) is 155 cm³/mol. The summed E-state index contributed by atoms with van der Waals surface area (Å²) in [7, 11) is -0.172. The van der Waals surface area contributed by atoms with Gasteiger partial charge in [0.05, 0.1) is 43.9 Å². The van der Waals surface area contributed by atoms with E-state index < -0.39 is 15.9 Å². The number of methoxy groups -OCH3 is 2. The normalized spacial score (nSPS) is 20.6. The summed E-state index contributed by atoms with van der Waals surface area (Å²) in [6, 6.07) is 17.6. The summed E-state index contributed by atoms with van der Waals surface area (Å²) in [6.45, 7) is 1.97. The average Bonchev–Trinajstić information content (AvgIpc) is 3.35. The van der Waals surface area contributed by atoms with Gasteiger partial charge in [-0.05, 0) is 60.5 Å². The van der Waals surface area contributed by atoms with Crippen molar-refractivity contribution in [2.24, 2.45) is 4.99 Å². The van der Waals surface area contributed by atoms with Gasteiger partial charge in [-0.3, -0.25) is 4.79 Å². The number of rotatable bonds is 7. The Hall–Kier alpha value is -3.21. The molecule has 2 fully saturated rings. The number of aryl methyl sites for hydroxylation is 1. The van der Waals surface area contributed by atoms with Crippen LogP contribution in [0, 0.1) is 6.92 Å². The first kappa shape index (κ1) is 27.4. The number of hydrogen-bond acceptors (Lipinski definition) is 7. The lowest BCUT2D eigenvalue weighted by Crippen LogP contribution is -2.38. The Morgan fingerprint density at radius 1 is 1.03 bits per heavy atom. The molecule has 0 aliphatic carbocycles. The number of nitrogens with zero attached hydrogens (tertiary/aromatic N) is 2. The summed E-state index contributed by atoms with van der Waals surface area (Å²) < 4.78 is 42.0. The Labute approximate surface area is 236 Å². The Morgan fingerprint density at radius 2 is 1.79 bits per heavy atom. The first-order valence-corrected chi connectivity index (χ1v) is 15.3. The van der Waals surface area contributed by atoms with Crippen molar-refractivity contribution in [2.45, 2.75) is 24.6 Å². The smallest absolute Gasteiger partial charge is 0.252 e. The largest absolute Gasteiger partial charge is 0.493 e. The maximum absolute atomic E-state index is 13.2. The number of ether oxygens (including phenoxy) is 3. The van der Waals surface area contributed by atoms with E-state index >= 15 is 0 Å². The number of benzene rings is 3. The zero-order valence-electron chi connectivity index (χ0n) is 21.6. The third kappa shape index (κ3) is 6.03. The zero-order chi connectivity index (χ0) is 27.7. The maximum Gasteiger partial charge on any atom is 0.252 e. The number of fused-ring (bicyclic) bond motifs is 1. The van der Waals surface area contributed by atoms with Crippen molar-refractivity contribution < 1.29 is 27.4 Å². The first-order chi connectivity index (χ1) is 18.7. The molecular weight excluding hydrogens is 560 g/mol. The molecule has 2 heterocycles. The summed E-state index contributed by atoms with van der Waals surface area (Å²) in [5.74, 6) is 1.78. The molecule has 0 aromatic heterocycles. The summed E-state index contributed by atoms with van der Waals surface area (Å²) >= 11 is 7.70. The van der Waals surface area contributed by atoms with Crippen molar-refractivity contribution in [3.63, 3.8) is 0 Å². The molecule has 2 aliphatic rings. The van der Waals surface area contributed by atoms with Crippen molar-refractivity contribution in [2.75, 3.05) is 30.6 Å². The van der Waals surface area contributed by atoms with Crippen molar-refractivity contribution in [3.05, 3.63) is 76.8 Å². The van der Waals surface area contributed by atoms with Crippen LogP contribution in [0.3, 0.4) is 0 Å². The number of amides is 1. The fourth-order valence-corrected chi connectivity index (χ4v) is 8.82. The van der Waals surface area contributed by atoms with Crippen LogP contribution in [0.5, 0.6) is 23.0 Å². The molecule has 2 atom stereocenters. The highest BCUT2D eigenvalue weighted by molar-refractivity contribution is 8.16. The van der Waals surface area contributed by atoms with Crippen LogP contribution >= 0.6 is 23.4 Å². The highest BCUT2D eigenvalue weighted by atomic mass is 35.5. The summed E-state index contributed by atoms with van der Waals surface area (Å²) in [5, 5.41) is 0.599. The molecule has 2 aliphatic heterocycles. The number of aliphatic imine (C=N–C) groups is 1. The molecule has 3 aromatic rings. The van der Waals surface area contributed by atoms with Crippen LogP contribution in [0.2, 0.25) is 5.02 Å². The number of halogens is 1. The fourth-order valence-electron chi connectivity index (χ4n) is 4.73. The molecule has 39 heavy (non-hydrogen) atoms. The number of sulfone groups is 1. The first-order valence-electron chi connectivity index (χ1n) is 12.2. The SMILES string of the molecule is COc1ccc(CC(=O)N=C2SC3CS(=O)(=O)CC3N2c2cc(Cl)ccc2Oc2cccc(C)c2)cc1OC. The molecule has 8 nitrogen and oxygen atoms in total. The number of anilines is 1. The lowest BCUT2D eigenvalue weighted by molar-refractivity contribution is -0.117. The van der Waals surface area contributed by atoms with E-state index in [9.17, 15) is 13.2 Å². The molecule has 0 N–H and O–H groups in total. The number of hydrogen-bond donors (Lipinski definition) is 0. The quantitative estimate of drug-likeness (QED) is 0.368. The molecular formula is C28H27ClN2O6S2. The minimum atomic E-state index is -3.25. The van der Waals surface area contributed by atoms with Crippen molar-refractivity contribution in [1.29, 1.82) is 0 Å². The number of carbonyl (C=O) groups excluding carboxylic acids is 1. The van der Waals surface area contributed by atoms with E-state index in [0.717, 1.165) is 5.56 Å². The molecule has 5 rings (SSSR count). The van der Waals surface area contributed by atoms with Gasteiger partial charge < -0.3 is 19.1 Å². The van der Waals surface area contributed by atoms with E-state index in [1.54, 1.807) is 48.4 Å². The predicted octanol–water partition coefficient (Wildman–Crippen LogP) is 5.30. The lowest BCUT2D eigenvalue weighted by Gasteiger charge is -2.27. The zero-order valence-corrected chi connectivity index (χ0v) is 24.0. The van der Waals surface area contributed by atoms with Gasteiger partial charge in [0.15, 0.2) is 32.3 Å². The van der Waals surface area contributed by atoms with Crippen LogP contribution in [0.1, 0.15) is 11.1 Å². The van der Waals surface area contributed by atoms with Crippen molar-refractivity contribution in [1.82, 2.24) is 0 Å². The number of carbonyl (C=O) groups is 1. The Balaban J connectivity index is 1.50. The second-order valence-corrected chi connectivity index (χ2v) is 13.2. The number of amidine groups is 1. The topological polar surface area (TPSA) is 94.5 Å². The van der Waals surface area contributed by atoms with Gasteiger partial charge in [0.1, 0.15) is 5.75 Å². The second-order valence-electron chi connectivity index (χ2n) is 9.36. The van der Waals surface area contributed by atoms with Gasteiger partial charge in [-0.25, -0.2) is 8.42 Å². The molecule has 1 amide bonds. The summed E-state index contributed by atoms with van der Waals surface area (Å²) in [5.41, 5.74) is 2.30. The highest BCUT2D eigenvalue weighted by Gasteiger charge is 2.50. The van der Waals surface area contributed by atoms with Crippen LogP contribution in [-0.2, 0) is 21.1 Å². The summed E-state index contributed by atoms with van der Waals surface area (Å²) in [4.78, 5) is 19.4. The van der Waals surface area contributed by atoms with E-state index in [-0.39, 0.29) is 29.1 Å². The van der Waals surface area contributed by atoms with Crippen molar-refractivity contribution in [3.8, 4) is 23.0 Å². The van der Waals surface area contributed by atoms with Gasteiger partial charge in [0, 0.05) is 10.3 Å². The Bertz CT molecular complexity index is 1560.